The fourth-order valence-corrected chi connectivity index (χ4v) is 2.74. The van der Waals surface area contributed by atoms with E-state index in [-0.39, 0.29) is 6.42 Å². The second-order valence-corrected chi connectivity index (χ2v) is 5.41. The summed E-state index contributed by atoms with van der Waals surface area (Å²) in [5.74, 6) is -2.19. The Balaban J connectivity index is 3.01. The van der Waals surface area contributed by atoms with Crippen LogP contribution in [0.4, 0.5) is 4.39 Å². The molecule has 0 saturated carbocycles. The fraction of sp³-hybridized carbons (Fsp3) is 0.364. The van der Waals surface area contributed by atoms with Gasteiger partial charge in [0.25, 0.3) is 0 Å². The minimum atomic E-state index is -4.16. The van der Waals surface area contributed by atoms with Crippen LogP contribution >= 0.6 is 0 Å². The molecule has 0 amide bonds. The van der Waals surface area contributed by atoms with Gasteiger partial charge in [-0.3, -0.25) is 4.79 Å². The number of carboxylic acids is 1. The third-order valence-electron chi connectivity index (χ3n) is 2.30. The van der Waals surface area contributed by atoms with Gasteiger partial charge in [0.1, 0.15) is 16.8 Å². The summed E-state index contributed by atoms with van der Waals surface area (Å²) < 4.78 is 39.0. The van der Waals surface area contributed by atoms with Crippen molar-refractivity contribution in [2.24, 2.45) is 0 Å². The van der Waals surface area contributed by atoms with E-state index in [1.807, 2.05) is 4.72 Å². The molecule has 0 aliphatic heterocycles. The van der Waals surface area contributed by atoms with E-state index in [1.165, 1.54) is 12.1 Å². The van der Waals surface area contributed by atoms with Gasteiger partial charge in [0.05, 0.1) is 0 Å². The first kappa shape index (κ1) is 14.6. The first-order chi connectivity index (χ1) is 8.38. The molecule has 0 spiro atoms. The number of carboxylic acid groups (broad SMARTS) is 1. The lowest BCUT2D eigenvalue weighted by atomic mass is 10.2. The summed E-state index contributed by atoms with van der Waals surface area (Å²) in [6.07, 6.45) is 0.639. The van der Waals surface area contributed by atoms with Crippen molar-refractivity contribution >= 4 is 16.0 Å². The van der Waals surface area contributed by atoms with Crippen LogP contribution in [0, 0.1) is 5.82 Å². The van der Waals surface area contributed by atoms with Crippen molar-refractivity contribution in [1.29, 1.82) is 0 Å². The number of hydrogen-bond acceptors (Lipinski definition) is 3. The second-order valence-electron chi connectivity index (χ2n) is 3.73. The number of aliphatic carboxylic acids is 1. The summed E-state index contributed by atoms with van der Waals surface area (Å²) in [7, 11) is -4.16. The number of halogens is 1. The van der Waals surface area contributed by atoms with Crippen molar-refractivity contribution in [1.82, 2.24) is 4.72 Å². The average Bonchev–Trinajstić information content (AvgIpc) is 2.28. The molecule has 1 aromatic rings. The van der Waals surface area contributed by atoms with E-state index in [9.17, 15) is 17.6 Å². The molecule has 0 aromatic heterocycles. The van der Waals surface area contributed by atoms with Gasteiger partial charge in [0.15, 0.2) is 0 Å². The number of carbonyl (C=O) groups is 1. The summed E-state index contributed by atoms with van der Waals surface area (Å²) in [5, 5.41) is 8.86. The topological polar surface area (TPSA) is 83.5 Å². The van der Waals surface area contributed by atoms with Gasteiger partial charge < -0.3 is 5.11 Å². The highest BCUT2D eigenvalue weighted by Gasteiger charge is 2.26. The summed E-state index contributed by atoms with van der Waals surface area (Å²) >= 11 is 0. The largest absolute Gasteiger partial charge is 0.480 e. The van der Waals surface area contributed by atoms with Crippen molar-refractivity contribution in [3.63, 3.8) is 0 Å². The zero-order valence-corrected chi connectivity index (χ0v) is 10.6. The van der Waals surface area contributed by atoms with Gasteiger partial charge in [-0.2, -0.15) is 4.72 Å². The summed E-state index contributed by atoms with van der Waals surface area (Å²) in [6.45, 7) is 1.73. The normalized spacial score (nSPS) is 13.2. The van der Waals surface area contributed by atoms with Crippen molar-refractivity contribution in [3.8, 4) is 0 Å². The van der Waals surface area contributed by atoms with Crippen molar-refractivity contribution in [2.75, 3.05) is 0 Å². The average molecular weight is 275 g/mol. The molecule has 0 heterocycles. The van der Waals surface area contributed by atoms with Crippen LogP contribution in [0.5, 0.6) is 0 Å². The summed E-state index contributed by atoms with van der Waals surface area (Å²) in [4.78, 5) is 10.3. The Morgan fingerprint density at radius 1 is 1.44 bits per heavy atom. The lowest BCUT2D eigenvalue weighted by Gasteiger charge is -2.14. The molecule has 0 bridgehead atoms. The lowest BCUT2D eigenvalue weighted by Crippen LogP contribution is -2.40. The van der Waals surface area contributed by atoms with E-state index in [2.05, 4.69) is 0 Å². The van der Waals surface area contributed by atoms with E-state index < -0.39 is 32.7 Å². The van der Waals surface area contributed by atoms with E-state index >= 15 is 0 Å². The SMILES string of the molecule is CCC[C@@H](NS(=O)(=O)c1ccccc1F)C(=O)O. The molecule has 0 aliphatic rings. The molecule has 0 saturated heterocycles. The molecule has 0 radical (unpaired) electrons. The Bertz CT molecular complexity index is 530. The van der Waals surface area contributed by atoms with Crippen molar-refractivity contribution in [2.45, 2.75) is 30.7 Å². The van der Waals surface area contributed by atoms with Crippen LogP contribution in [0.1, 0.15) is 19.8 Å². The highest BCUT2D eigenvalue weighted by Crippen LogP contribution is 2.14. The van der Waals surface area contributed by atoms with E-state index in [1.54, 1.807) is 6.92 Å². The molecule has 0 aliphatic carbocycles. The van der Waals surface area contributed by atoms with Gasteiger partial charge in [0.2, 0.25) is 10.0 Å². The van der Waals surface area contributed by atoms with Gasteiger partial charge >= 0.3 is 5.97 Å². The molecule has 18 heavy (non-hydrogen) atoms. The molecule has 7 heteroatoms. The van der Waals surface area contributed by atoms with E-state index in [0.29, 0.717) is 6.42 Å². The first-order valence-electron chi connectivity index (χ1n) is 5.38. The predicted octanol–water partition coefficient (Wildman–Crippen LogP) is 1.36. The molecule has 2 N–H and O–H groups in total. The molecule has 1 aromatic carbocycles. The molecule has 100 valence electrons. The Kier molecular flexibility index (Phi) is 4.80. The van der Waals surface area contributed by atoms with E-state index in [0.717, 1.165) is 12.1 Å². The number of hydrogen-bond donors (Lipinski definition) is 2. The van der Waals surface area contributed by atoms with Gasteiger partial charge in [-0.1, -0.05) is 25.5 Å². The van der Waals surface area contributed by atoms with Crippen molar-refractivity contribution < 1.29 is 22.7 Å². The van der Waals surface area contributed by atoms with Crippen LogP contribution in [-0.2, 0) is 14.8 Å². The minimum absolute atomic E-state index is 0.142. The number of rotatable bonds is 6. The standard InChI is InChI=1S/C11H14FNO4S/c1-2-5-9(11(14)15)13-18(16,17)10-7-4-3-6-8(10)12/h3-4,6-7,9,13H,2,5H2,1H3,(H,14,15)/t9-/m1/s1. The number of benzene rings is 1. The number of nitrogens with one attached hydrogen (secondary N) is 1. The third kappa shape index (κ3) is 3.51. The van der Waals surface area contributed by atoms with Gasteiger partial charge in [-0.25, -0.2) is 12.8 Å². The van der Waals surface area contributed by atoms with Crippen LogP contribution in [0.3, 0.4) is 0 Å². The maximum Gasteiger partial charge on any atom is 0.321 e. The monoisotopic (exact) mass is 275 g/mol. The Labute approximate surface area is 105 Å². The van der Waals surface area contributed by atoms with Gasteiger partial charge in [-0.05, 0) is 18.6 Å². The van der Waals surface area contributed by atoms with Crippen LogP contribution in [0.25, 0.3) is 0 Å². The summed E-state index contributed by atoms with van der Waals surface area (Å²) in [5.41, 5.74) is 0. The predicted molar refractivity (Wildman–Crippen MR) is 63.1 cm³/mol. The first-order valence-corrected chi connectivity index (χ1v) is 6.86. The van der Waals surface area contributed by atoms with Crippen LogP contribution in [-0.4, -0.2) is 25.5 Å². The zero-order chi connectivity index (χ0) is 13.8. The maximum atomic E-state index is 13.4. The van der Waals surface area contributed by atoms with Crippen molar-refractivity contribution in [3.05, 3.63) is 30.1 Å². The molecule has 1 atom stereocenters. The molecule has 0 unspecified atom stereocenters. The van der Waals surface area contributed by atoms with Gasteiger partial charge in [0, 0.05) is 0 Å². The highest BCUT2D eigenvalue weighted by molar-refractivity contribution is 7.89. The summed E-state index contributed by atoms with van der Waals surface area (Å²) in [6, 6.07) is 3.56. The quantitative estimate of drug-likeness (QED) is 0.821. The third-order valence-corrected chi connectivity index (χ3v) is 3.80. The smallest absolute Gasteiger partial charge is 0.321 e. The molecular formula is C11H14FNO4S. The maximum absolute atomic E-state index is 13.4. The Morgan fingerprint density at radius 2 is 2.06 bits per heavy atom. The molecule has 1 rings (SSSR count). The molecule has 5 nitrogen and oxygen atoms in total. The highest BCUT2D eigenvalue weighted by atomic mass is 32.2. The van der Waals surface area contributed by atoms with Crippen LogP contribution in [0.15, 0.2) is 29.2 Å². The van der Waals surface area contributed by atoms with Gasteiger partial charge in [-0.15, -0.1) is 0 Å². The second kappa shape index (κ2) is 5.92. The molecular weight excluding hydrogens is 261 g/mol. The van der Waals surface area contributed by atoms with Crippen LogP contribution < -0.4 is 4.72 Å². The van der Waals surface area contributed by atoms with Crippen LogP contribution in [0.2, 0.25) is 0 Å². The van der Waals surface area contributed by atoms with E-state index in [4.69, 9.17) is 5.11 Å². The Hall–Kier alpha value is -1.47. The Morgan fingerprint density at radius 3 is 2.56 bits per heavy atom. The molecule has 0 fully saturated rings. The number of sulfonamides is 1. The minimum Gasteiger partial charge on any atom is -0.480 e. The lowest BCUT2D eigenvalue weighted by molar-refractivity contribution is -0.139. The zero-order valence-electron chi connectivity index (χ0n) is 9.76. The fourth-order valence-electron chi connectivity index (χ4n) is 1.43.